The zero-order chi connectivity index (χ0) is 13.8. The molecule has 0 aromatic rings. The first-order chi connectivity index (χ1) is 8.47. The molecule has 2 atom stereocenters. The maximum Gasteiger partial charge on any atom is 0.241 e. The Labute approximate surface area is 112 Å². The molecule has 0 N–H and O–H groups in total. The predicted molar refractivity (Wildman–Crippen MR) is 71.7 cm³/mol. The second-order valence-corrected chi connectivity index (χ2v) is 7.70. The largest absolute Gasteiger partial charge is 0.323 e. The van der Waals surface area contributed by atoms with Gasteiger partial charge in [-0.05, 0) is 6.42 Å². The predicted octanol–water partition coefficient (Wildman–Crippen LogP) is 0.872. The van der Waals surface area contributed by atoms with E-state index < -0.39 is 21.1 Å². The van der Waals surface area contributed by atoms with Crippen molar-refractivity contribution in [3.63, 3.8) is 0 Å². The second-order valence-electron chi connectivity index (χ2n) is 4.10. The monoisotopic (exact) mass is 290 g/mol. The first-order valence-corrected chi connectivity index (χ1v) is 8.84. The fourth-order valence-corrected chi connectivity index (χ4v) is 4.82. The molecule has 1 amide bonds. The van der Waals surface area contributed by atoms with Crippen molar-refractivity contribution in [1.29, 1.82) is 5.26 Å². The fourth-order valence-electron chi connectivity index (χ4n) is 1.84. The van der Waals surface area contributed by atoms with Gasteiger partial charge in [-0.2, -0.15) is 17.0 Å². The average Bonchev–Trinajstić information content (AvgIpc) is 2.40. The Hall–Kier alpha value is -0.740. The van der Waals surface area contributed by atoms with Gasteiger partial charge in [0.15, 0.2) is 9.84 Å². The van der Waals surface area contributed by atoms with Crippen LogP contribution in [0.2, 0.25) is 0 Å². The van der Waals surface area contributed by atoms with Crippen LogP contribution in [-0.2, 0) is 14.6 Å². The minimum absolute atomic E-state index is 0.0192. The van der Waals surface area contributed by atoms with E-state index in [0.717, 1.165) is 5.75 Å². The standard InChI is InChI=1S/C11H18N2O3S2/c1-3-9(7-12)11(14)13-5-6-17-8-10(13)18(15,16)4-2/h9-10H,3-6,8H2,1-2H3. The molecule has 0 aromatic carbocycles. The Balaban J connectivity index is 2.97. The van der Waals surface area contributed by atoms with Crippen molar-refractivity contribution in [1.82, 2.24) is 4.90 Å². The smallest absolute Gasteiger partial charge is 0.241 e. The Morgan fingerprint density at radius 1 is 1.56 bits per heavy atom. The van der Waals surface area contributed by atoms with E-state index in [1.54, 1.807) is 13.8 Å². The van der Waals surface area contributed by atoms with Crippen LogP contribution in [0.1, 0.15) is 20.3 Å². The summed E-state index contributed by atoms with van der Waals surface area (Å²) in [4.78, 5) is 13.5. The van der Waals surface area contributed by atoms with Crippen LogP contribution in [0.25, 0.3) is 0 Å². The molecule has 18 heavy (non-hydrogen) atoms. The molecule has 7 heteroatoms. The molecular weight excluding hydrogens is 272 g/mol. The van der Waals surface area contributed by atoms with Crippen LogP contribution in [-0.4, -0.2) is 48.4 Å². The molecule has 1 rings (SSSR count). The van der Waals surface area contributed by atoms with E-state index in [9.17, 15) is 13.2 Å². The zero-order valence-electron chi connectivity index (χ0n) is 10.6. The van der Waals surface area contributed by atoms with Gasteiger partial charge in [0.1, 0.15) is 11.3 Å². The quantitative estimate of drug-likeness (QED) is 0.768. The minimum Gasteiger partial charge on any atom is -0.323 e. The highest BCUT2D eigenvalue weighted by atomic mass is 32.2. The molecule has 0 radical (unpaired) electrons. The van der Waals surface area contributed by atoms with E-state index in [0.29, 0.717) is 18.7 Å². The van der Waals surface area contributed by atoms with E-state index in [-0.39, 0.29) is 11.7 Å². The zero-order valence-corrected chi connectivity index (χ0v) is 12.3. The molecule has 1 fully saturated rings. The van der Waals surface area contributed by atoms with E-state index in [1.807, 2.05) is 6.07 Å². The van der Waals surface area contributed by atoms with Gasteiger partial charge in [-0.3, -0.25) is 4.79 Å². The number of thioether (sulfide) groups is 1. The number of nitriles is 1. The average molecular weight is 290 g/mol. The molecular formula is C11H18N2O3S2. The molecule has 1 heterocycles. The maximum absolute atomic E-state index is 12.2. The van der Waals surface area contributed by atoms with Crippen LogP contribution in [0.5, 0.6) is 0 Å². The SMILES string of the molecule is CCC(C#N)C(=O)N1CCSCC1S(=O)(=O)CC. The molecule has 1 saturated heterocycles. The van der Waals surface area contributed by atoms with Gasteiger partial charge in [-0.25, -0.2) is 8.42 Å². The van der Waals surface area contributed by atoms with Gasteiger partial charge in [0.25, 0.3) is 0 Å². The third kappa shape index (κ3) is 3.18. The molecule has 0 saturated carbocycles. The topological polar surface area (TPSA) is 78.2 Å². The van der Waals surface area contributed by atoms with E-state index >= 15 is 0 Å². The first kappa shape index (κ1) is 15.3. The molecule has 2 unspecified atom stereocenters. The van der Waals surface area contributed by atoms with Gasteiger partial charge in [0.2, 0.25) is 5.91 Å². The third-order valence-corrected chi connectivity index (χ3v) is 6.34. The molecule has 102 valence electrons. The van der Waals surface area contributed by atoms with Gasteiger partial charge in [0.05, 0.1) is 6.07 Å². The number of nitrogens with zero attached hydrogens (tertiary/aromatic N) is 2. The van der Waals surface area contributed by atoms with Crippen molar-refractivity contribution in [3.8, 4) is 6.07 Å². The molecule has 0 aliphatic carbocycles. The van der Waals surface area contributed by atoms with Crippen LogP contribution >= 0.6 is 11.8 Å². The van der Waals surface area contributed by atoms with Gasteiger partial charge in [-0.1, -0.05) is 13.8 Å². The summed E-state index contributed by atoms with van der Waals surface area (Å²) < 4.78 is 24.0. The summed E-state index contributed by atoms with van der Waals surface area (Å²) in [6, 6.07) is 1.95. The molecule has 0 bridgehead atoms. The summed E-state index contributed by atoms with van der Waals surface area (Å²) in [5.41, 5.74) is 0. The highest BCUT2D eigenvalue weighted by molar-refractivity contribution is 8.01. The molecule has 5 nitrogen and oxygen atoms in total. The lowest BCUT2D eigenvalue weighted by molar-refractivity contribution is -0.134. The number of hydrogen-bond donors (Lipinski definition) is 0. The summed E-state index contributed by atoms with van der Waals surface area (Å²) in [6.07, 6.45) is 0.415. The summed E-state index contributed by atoms with van der Waals surface area (Å²) in [6.45, 7) is 3.75. The van der Waals surface area contributed by atoms with E-state index in [1.165, 1.54) is 16.7 Å². The Morgan fingerprint density at radius 2 is 2.22 bits per heavy atom. The third-order valence-electron chi connectivity index (χ3n) is 3.05. The number of sulfone groups is 1. The van der Waals surface area contributed by atoms with Crippen molar-refractivity contribution in [3.05, 3.63) is 0 Å². The molecule has 0 aromatic heterocycles. The first-order valence-electron chi connectivity index (χ1n) is 5.97. The Kier molecular flexibility index (Phi) is 5.47. The van der Waals surface area contributed by atoms with Gasteiger partial charge in [-0.15, -0.1) is 0 Å². The van der Waals surface area contributed by atoms with Crippen molar-refractivity contribution < 1.29 is 13.2 Å². The van der Waals surface area contributed by atoms with Crippen molar-refractivity contribution in [2.75, 3.05) is 23.8 Å². The van der Waals surface area contributed by atoms with Crippen LogP contribution in [0, 0.1) is 17.2 Å². The maximum atomic E-state index is 12.2. The van der Waals surface area contributed by atoms with Crippen LogP contribution in [0.3, 0.4) is 0 Å². The van der Waals surface area contributed by atoms with Gasteiger partial charge < -0.3 is 4.90 Å². The minimum atomic E-state index is -3.29. The summed E-state index contributed by atoms with van der Waals surface area (Å²) in [5, 5.41) is 8.15. The Morgan fingerprint density at radius 3 is 2.72 bits per heavy atom. The lowest BCUT2D eigenvalue weighted by Crippen LogP contribution is -2.52. The van der Waals surface area contributed by atoms with Crippen LogP contribution in [0.4, 0.5) is 0 Å². The van der Waals surface area contributed by atoms with Crippen LogP contribution < -0.4 is 0 Å². The van der Waals surface area contributed by atoms with E-state index in [4.69, 9.17) is 5.26 Å². The molecule has 1 aliphatic rings. The van der Waals surface area contributed by atoms with Gasteiger partial charge >= 0.3 is 0 Å². The summed E-state index contributed by atoms with van der Waals surface area (Å²) in [5.74, 6) is 0.0725. The van der Waals surface area contributed by atoms with E-state index in [2.05, 4.69) is 0 Å². The Bertz CT molecular complexity index is 442. The van der Waals surface area contributed by atoms with Crippen molar-refractivity contribution >= 4 is 27.5 Å². The summed E-state index contributed by atoms with van der Waals surface area (Å²) in [7, 11) is -3.29. The number of carbonyl (C=O) groups is 1. The lowest BCUT2D eigenvalue weighted by atomic mass is 10.1. The number of hydrogen-bond acceptors (Lipinski definition) is 5. The number of rotatable bonds is 4. The molecule has 0 spiro atoms. The molecule has 1 aliphatic heterocycles. The lowest BCUT2D eigenvalue weighted by Gasteiger charge is -2.35. The normalized spacial score (nSPS) is 22.3. The highest BCUT2D eigenvalue weighted by Gasteiger charge is 2.37. The summed E-state index contributed by atoms with van der Waals surface area (Å²) >= 11 is 1.54. The van der Waals surface area contributed by atoms with Crippen LogP contribution in [0.15, 0.2) is 0 Å². The van der Waals surface area contributed by atoms with Crippen molar-refractivity contribution in [2.24, 2.45) is 5.92 Å². The van der Waals surface area contributed by atoms with Crippen molar-refractivity contribution in [2.45, 2.75) is 25.6 Å². The number of amides is 1. The van der Waals surface area contributed by atoms with Gasteiger partial charge in [0, 0.05) is 23.8 Å². The highest BCUT2D eigenvalue weighted by Crippen LogP contribution is 2.23. The second kappa shape index (κ2) is 6.43. The number of carbonyl (C=O) groups excluding carboxylic acids is 1. The fraction of sp³-hybridized carbons (Fsp3) is 0.818.